The molecule has 0 aliphatic carbocycles. The van der Waals surface area contributed by atoms with Crippen molar-refractivity contribution in [2.75, 3.05) is 7.11 Å². The van der Waals surface area contributed by atoms with Crippen LogP contribution in [0.2, 0.25) is 0 Å². The highest BCUT2D eigenvalue weighted by Gasteiger charge is 1.95. The Hall–Kier alpha value is -1.24. The topological polar surface area (TPSA) is 9.23 Å². The summed E-state index contributed by atoms with van der Waals surface area (Å²) >= 11 is 0. The van der Waals surface area contributed by atoms with Gasteiger partial charge in [-0.15, -0.1) is 0 Å². The number of allylic oxidation sites excluding steroid dienone is 5. The highest BCUT2D eigenvalue weighted by Crippen LogP contribution is 2.10. The molecular formula is C11H16O. The predicted octanol–water partition coefficient (Wildman–Crippen LogP) is 3.23. The van der Waals surface area contributed by atoms with Crippen LogP contribution in [0.5, 0.6) is 0 Å². The van der Waals surface area contributed by atoms with Gasteiger partial charge in [0.25, 0.3) is 0 Å². The van der Waals surface area contributed by atoms with Gasteiger partial charge in [0.1, 0.15) is 5.76 Å². The molecule has 0 aromatic rings. The maximum Gasteiger partial charge on any atom is 0.121 e. The number of hydrogen-bond acceptors (Lipinski definition) is 1. The summed E-state index contributed by atoms with van der Waals surface area (Å²) in [5.41, 5.74) is 1.82. The minimum Gasteiger partial charge on any atom is -0.496 e. The molecule has 0 aliphatic rings. The summed E-state index contributed by atoms with van der Waals surface area (Å²) in [6.45, 7) is 11.5. The van der Waals surface area contributed by atoms with E-state index >= 15 is 0 Å². The van der Waals surface area contributed by atoms with Gasteiger partial charge in [-0.25, -0.2) is 0 Å². The van der Waals surface area contributed by atoms with Crippen LogP contribution in [-0.4, -0.2) is 7.11 Å². The molecule has 0 saturated carbocycles. The lowest BCUT2D eigenvalue weighted by Gasteiger charge is -2.04. The van der Waals surface area contributed by atoms with Gasteiger partial charge < -0.3 is 4.74 Å². The van der Waals surface area contributed by atoms with Crippen LogP contribution >= 0.6 is 0 Å². The Kier molecular flexibility index (Phi) is 4.86. The summed E-state index contributed by atoms with van der Waals surface area (Å²) < 4.78 is 5.10. The number of methoxy groups -OCH3 is 1. The molecule has 0 atom stereocenters. The number of hydrogen-bond donors (Lipinski definition) is 0. The van der Waals surface area contributed by atoms with Gasteiger partial charge in [0.2, 0.25) is 0 Å². The SMILES string of the molecule is C=C(/C=C/C)/C=C(/OC)C(=C)C. The molecule has 0 amide bonds. The van der Waals surface area contributed by atoms with Crippen molar-refractivity contribution in [2.24, 2.45) is 0 Å². The second-order valence-electron chi connectivity index (χ2n) is 2.57. The maximum atomic E-state index is 5.10. The van der Waals surface area contributed by atoms with Crippen molar-refractivity contribution in [3.8, 4) is 0 Å². The van der Waals surface area contributed by atoms with Crippen LogP contribution in [0.4, 0.5) is 0 Å². The standard InChI is InChI=1S/C11H16O/c1-6-7-10(4)8-11(12-5)9(2)3/h6-8H,2,4H2,1,3,5H3/b7-6+,11-8+. The molecule has 1 nitrogen and oxygen atoms in total. The Morgan fingerprint density at radius 1 is 1.33 bits per heavy atom. The molecule has 0 spiro atoms. The van der Waals surface area contributed by atoms with Crippen molar-refractivity contribution in [3.63, 3.8) is 0 Å². The van der Waals surface area contributed by atoms with Crippen LogP contribution in [0.15, 0.2) is 48.3 Å². The summed E-state index contributed by atoms with van der Waals surface area (Å²) in [5, 5.41) is 0. The Bertz CT molecular complexity index is 231. The number of ether oxygens (including phenoxy) is 1. The van der Waals surface area contributed by atoms with E-state index in [2.05, 4.69) is 13.2 Å². The van der Waals surface area contributed by atoms with E-state index in [9.17, 15) is 0 Å². The Morgan fingerprint density at radius 2 is 1.92 bits per heavy atom. The first-order valence-electron chi connectivity index (χ1n) is 3.85. The fourth-order valence-electron chi connectivity index (χ4n) is 0.787. The van der Waals surface area contributed by atoms with Crippen molar-refractivity contribution in [1.82, 2.24) is 0 Å². The van der Waals surface area contributed by atoms with E-state index in [0.717, 1.165) is 16.9 Å². The van der Waals surface area contributed by atoms with Gasteiger partial charge >= 0.3 is 0 Å². The van der Waals surface area contributed by atoms with E-state index in [1.807, 2.05) is 32.1 Å². The molecule has 0 bridgehead atoms. The van der Waals surface area contributed by atoms with Crippen molar-refractivity contribution < 1.29 is 4.74 Å². The second-order valence-corrected chi connectivity index (χ2v) is 2.57. The van der Waals surface area contributed by atoms with E-state index in [1.165, 1.54) is 0 Å². The van der Waals surface area contributed by atoms with Crippen molar-refractivity contribution in [1.29, 1.82) is 0 Å². The largest absolute Gasteiger partial charge is 0.496 e. The first-order chi connectivity index (χ1) is 5.61. The molecule has 0 rings (SSSR count). The van der Waals surface area contributed by atoms with E-state index in [4.69, 9.17) is 4.74 Å². The van der Waals surface area contributed by atoms with Gasteiger partial charge in [0, 0.05) is 0 Å². The molecule has 0 heterocycles. The Balaban J connectivity index is 4.49. The molecule has 0 fully saturated rings. The maximum absolute atomic E-state index is 5.10. The third-order valence-electron chi connectivity index (χ3n) is 1.34. The molecule has 0 radical (unpaired) electrons. The van der Waals surface area contributed by atoms with Crippen molar-refractivity contribution in [2.45, 2.75) is 13.8 Å². The molecular weight excluding hydrogens is 148 g/mol. The summed E-state index contributed by atoms with van der Waals surface area (Å²) in [6, 6.07) is 0. The van der Waals surface area contributed by atoms with Crippen LogP contribution in [0.25, 0.3) is 0 Å². The fourth-order valence-corrected chi connectivity index (χ4v) is 0.787. The van der Waals surface area contributed by atoms with Crippen LogP contribution < -0.4 is 0 Å². The lowest BCUT2D eigenvalue weighted by atomic mass is 10.2. The van der Waals surface area contributed by atoms with Crippen molar-refractivity contribution in [3.05, 3.63) is 48.3 Å². The van der Waals surface area contributed by atoms with E-state index in [0.29, 0.717) is 0 Å². The minimum absolute atomic E-state index is 0.776. The molecule has 0 unspecified atom stereocenters. The minimum atomic E-state index is 0.776. The third kappa shape index (κ3) is 3.81. The normalized spacial score (nSPS) is 11.8. The highest BCUT2D eigenvalue weighted by atomic mass is 16.5. The van der Waals surface area contributed by atoms with E-state index in [-0.39, 0.29) is 0 Å². The first-order valence-corrected chi connectivity index (χ1v) is 3.85. The quantitative estimate of drug-likeness (QED) is 0.458. The van der Waals surface area contributed by atoms with Gasteiger partial charge in [0.15, 0.2) is 0 Å². The highest BCUT2D eigenvalue weighted by molar-refractivity contribution is 5.34. The summed E-state index contributed by atoms with van der Waals surface area (Å²) in [4.78, 5) is 0. The molecule has 0 N–H and O–H groups in total. The second kappa shape index (κ2) is 5.42. The van der Waals surface area contributed by atoms with Crippen LogP contribution in [0.3, 0.4) is 0 Å². The zero-order valence-corrected chi connectivity index (χ0v) is 8.05. The fraction of sp³-hybridized carbons (Fsp3) is 0.273. The molecule has 0 aromatic carbocycles. The summed E-state index contributed by atoms with van der Waals surface area (Å²) in [6.07, 6.45) is 5.72. The van der Waals surface area contributed by atoms with Gasteiger partial charge in [-0.3, -0.25) is 0 Å². The lowest BCUT2D eigenvalue weighted by Crippen LogP contribution is -1.87. The first kappa shape index (κ1) is 10.8. The van der Waals surface area contributed by atoms with Crippen LogP contribution in [-0.2, 0) is 4.74 Å². The Labute approximate surface area is 74.7 Å². The monoisotopic (exact) mass is 164 g/mol. The van der Waals surface area contributed by atoms with E-state index < -0.39 is 0 Å². The van der Waals surface area contributed by atoms with Crippen LogP contribution in [0, 0.1) is 0 Å². The molecule has 0 aromatic heterocycles. The third-order valence-corrected chi connectivity index (χ3v) is 1.34. The van der Waals surface area contributed by atoms with Gasteiger partial charge in [-0.1, -0.05) is 25.3 Å². The zero-order chi connectivity index (χ0) is 9.56. The summed E-state index contributed by atoms with van der Waals surface area (Å²) in [7, 11) is 1.63. The predicted molar refractivity (Wildman–Crippen MR) is 53.9 cm³/mol. The number of rotatable bonds is 4. The average molecular weight is 164 g/mol. The van der Waals surface area contributed by atoms with Gasteiger partial charge in [-0.05, 0) is 31.1 Å². The van der Waals surface area contributed by atoms with Crippen LogP contribution in [0.1, 0.15) is 13.8 Å². The summed E-state index contributed by atoms with van der Waals surface area (Å²) in [5.74, 6) is 0.776. The molecule has 66 valence electrons. The lowest BCUT2D eigenvalue weighted by molar-refractivity contribution is 0.301. The van der Waals surface area contributed by atoms with Crippen molar-refractivity contribution >= 4 is 0 Å². The zero-order valence-electron chi connectivity index (χ0n) is 8.05. The van der Waals surface area contributed by atoms with Gasteiger partial charge in [0.05, 0.1) is 7.11 Å². The average Bonchev–Trinajstić information content (AvgIpc) is 2.00. The van der Waals surface area contributed by atoms with Gasteiger partial charge in [-0.2, -0.15) is 0 Å². The Morgan fingerprint density at radius 3 is 2.25 bits per heavy atom. The molecule has 12 heavy (non-hydrogen) atoms. The molecule has 0 saturated heterocycles. The molecule has 1 heteroatoms. The molecule has 0 aliphatic heterocycles. The van der Waals surface area contributed by atoms with E-state index in [1.54, 1.807) is 7.11 Å². The smallest absolute Gasteiger partial charge is 0.121 e.